The maximum atomic E-state index is 4.49. The molecule has 122 valence electrons. The molecule has 1 heterocycles. The van der Waals surface area contributed by atoms with Crippen LogP contribution in [0.25, 0.3) is 0 Å². The van der Waals surface area contributed by atoms with Gasteiger partial charge in [-0.2, -0.15) is 10.1 Å². The molecule has 0 aliphatic carbocycles. The first-order valence-corrected chi connectivity index (χ1v) is 7.94. The lowest BCUT2D eigenvalue weighted by Crippen LogP contribution is -2.07. The fourth-order valence-electron chi connectivity index (χ4n) is 2.58. The summed E-state index contributed by atoms with van der Waals surface area (Å²) in [5.41, 5.74) is 5.82. The topological polar surface area (TPSA) is 62.7 Å². The molecular formula is C19H21N5. The average Bonchev–Trinajstić information content (AvgIpc) is 2.57. The Morgan fingerprint density at radius 3 is 2.46 bits per heavy atom. The van der Waals surface area contributed by atoms with Gasteiger partial charge >= 0.3 is 0 Å². The van der Waals surface area contributed by atoms with Gasteiger partial charge in [0, 0.05) is 12.2 Å². The van der Waals surface area contributed by atoms with E-state index in [9.17, 15) is 0 Å². The van der Waals surface area contributed by atoms with Crippen molar-refractivity contribution in [3.8, 4) is 0 Å². The highest BCUT2D eigenvalue weighted by molar-refractivity contribution is 5.64. The van der Waals surface area contributed by atoms with E-state index in [0.29, 0.717) is 18.3 Å². The van der Waals surface area contributed by atoms with Crippen molar-refractivity contribution in [2.75, 3.05) is 10.6 Å². The van der Waals surface area contributed by atoms with Gasteiger partial charge in [0.25, 0.3) is 0 Å². The molecule has 0 saturated heterocycles. The van der Waals surface area contributed by atoms with Crippen LogP contribution in [0.1, 0.15) is 22.3 Å². The Kier molecular flexibility index (Phi) is 4.70. The van der Waals surface area contributed by atoms with Crippen LogP contribution in [0.3, 0.4) is 0 Å². The number of aromatic nitrogens is 3. The fraction of sp³-hybridized carbons (Fsp3) is 0.211. The predicted octanol–water partition coefficient (Wildman–Crippen LogP) is 4.15. The zero-order valence-electron chi connectivity index (χ0n) is 14.2. The van der Waals surface area contributed by atoms with Crippen LogP contribution in [-0.4, -0.2) is 15.2 Å². The molecule has 0 aliphatic heterocycles. The van der Waals surface area contributed by atoms with Gasteiger partial charge in [0.1, 0.15) is 0 Å². The van der Waals surface area contributed by atoms with Gasteiger partial charge in [-0.1, -0.05) is 48.0 Å². The molecule has 0 fully saturated rings. The van der Waals surface area contributed by atoms with Gasteiger partial charge in [-0.25, -0.2) is 0 Å². The van der Waals surface area contributed by atoms with Gasteiger partial charge in [-0.3, -0.25) is 0 Å². The number of para-hydroxylation sites is 1. The van der Waals surface area contributed by atoms with Crippen molar-refractivity contribution in [2.24, 2.45) is 0 Å². The molecule has 0 unspecified atom stereocenters. The molecule has 0 bridgehead atoms. The molecule has 1 aromatic heterocycles. The Bertz CT molecular complexity index is 824. The van der Waals surface area contributed by atoms with E-state index in [1.165, 1.54) is 22.3 Å². The highest BCUT2D eigenvalue weighted by Crippen LogP contribution is 2.23. The molecule has 2 N–H and O–H groups in total. The molecule has 2 aromatic carbocycles. The first-order valence-electron chi connectivity index (χ1n) is 7.94. The average molecular weight is 319 g/mol. The second-order valence-electron chi connectivity index (χ2n) is 5.90. The number of aryl methyl sites for hydroxylation is 3. The molecule has 5 heteroatoms. The van der Waals surface area contributed by atoms with Crippen LogP contribution in [0.4, 0.5) is 17.5 Å². The van der Waals surface area contributed by atoms with Crippen LogP contribution in [-0.2, 0) is 6.54 Å². The molecule has 0 aliphatic rings. The summed E-state index contributed by atoms with van der Waals surface area (Å²) in [5.74, 6) is 1.18. The summed E-state index contributed by atoms with van der Waals surface area (Å²) in [5, 5.41) is 14.6. The lowest BCUT2D eigenvalue weighted by atomic mass is 10.1. The summed E-state index contributed by atoms with van der Waals surface area (Å²) >= 11 is 0. The number of nitrogens with zero attached hydrogens (tertiary/aromatic N) is 3. The summed E-state index contributed by atoms with van der Waals surface area (Å²) in [7, 11) is 0. The maximum absolute atomic E-state index is 4.49. The van der Waals surface area contributed by atoms with Crippen molar-refractivity contribution in [1.29, 1.82) is 0 Å². The van der Waals surface area contributed by atoms with E-state index in [1.807, 2.05) is 12.1 Å². The zero-order valence-corrected chi connectivity index (χ0v) is 14.2. The van der Waals surface area contributed by atoms with Crippen molar-refractivity contribution in [3.05, 3.63) is 70.9 Å². The Hall–Kier alpha value is -2.95. The van der Waals surface area contributed by atoms with E-state index in [0.717, 1.165) is 5.69 Å². The molecule has 0 saturated carbocycles. The Labute approximate surface area is 142 Å². The van der Waals surface area contributed by atoms with Crippen LogP contribution >= 0.6 is 0 Å². The minimum atomic E-state index is 0.507. The Morgan fingerprint density at radius 1 is 0.958 bits per heavy atom. The molecule has 5 nitrogen and oxygen atoms in total. The van der Waals surface area contributed by atoms with Crippen LogP contribution < -0.4 is 10.6 Å². The first-order chi connectivity index (χ1) is 11.6. The standard InChI is InChI=1S/C19H21N5/c1-13-6-4-9-16(10-13)11-20-19-23-17(12-21-24-19)22-18-14(2)7-5-8-15(18)3/h4-10,12H,11H2,1-3H3,(H2,20,22,23,24). The summed E-state index contributed by atoms with van der Waals surface area (Å²) < 4.78 is 0. The van der Waals surface area contributed by atoms with Crippen molar-refractivity contribution >= 4 is 17.5 Å². The van der Waals surface area contributed by atoms with Crippen LogP contribution in [0, 0.1) is 20.8 Å². The van der Waals surface area contributed by atoms with E-state index in [1.54, 1.807) is 6.20 Å². The van der Waals surface area contributed by atoms with Crippen LogP contribution in [0.2, 0.25) is 0 Å². The quantitative estimate of drug-likeness (QED) is 0.739. The summed E-state index contributed by atoms with van der Waals surface area (Å²) in [6.07, 6.45) is 1.63. The fourth-order valence-corrected chi connectivity index (χ4v) is 2.58. The van der Waals surface area contributed by atoms with E-state index < -0.39 is 0 Å². The second kappa shape index (κ2) is 7.08. The highest BCUT2D eigenvalue weighted by Gasteiger charge is 2.05. The van der Waals surface area contributed by atoms with Gasteiger partial charge in [-0.15, -0.1) is 5.10 Å². The van der Waals surface area contributed by atoms with Gasteiger partial charge in [0.15, 0.2) is 5.82 Å². The third kappa shape index (κ3) is 3.87. The van der Waals surface area contributed by atoms with Gasteiger partial charge in [0.2, 0.25) is 5.95 Å². The Morgan fingerprint density at radius 2 is 1.71 bits per heavy atom. The number of nitrogens with one attached hydrogen (secondary N) is 2. The maximum Gasteiger partial charge on any atom is 0.244 e. The van der Waals surface area contributed by atoms with Crippen molar-refractivity contribution in [1.82, 2.24) is 15.2 Å². The van der Waals surface area contributed by atoms with Crippen molar-refractivity contribution in [3.63, 3.8) is 0 Å². The minimum absolute atomic E-state index is 0.507. The number of rotatable bonds is 5. The van der Waals surface area contributed by atoms with Gasteiger partial charge < -0.3 is 10.6 Å². The molecule has 0 spiro atoms. The van der Waals surface area contributed by atoms with E-state index in [-0.39, 0.29) is 0 Å². The second-order valence-corrected chi connectivity index (χ2v) is 5.90. The molecule has 3 rings (SSSR count). The third-order valence-electron chi connectivity index (χ3n) is 3.83. The van der Waals surface area contributed by atoms with Crippen molar-refractivity contribution in [2.45, 2.75) is 27.3 Å². The minimum Gasteiger partial charge on any atom is -0.349 e. The molecule has 3 aromatic rings. The summed E-state index contributed by atoms with van der Waals surface area (Å²) in [4.78, 5) is 4.49. The molecule has 0 amide bonds. The van der Waals surface area contributed by atoms with E-state index in [2.05, 4.69) is 76.9 Å². The van der Waals surface area contributed by atoms with E-state index in [4.69, 9.17) is 0 Å². The number of anilines is 3. The molecular weight excluding hydrogens is 298 g/mol. The Balaban J connectivity index is 1.72. The summed E-state index contributed by atoms with van der Waals surface area (Å²) in [6.45, 7) is 6.88. The monoisotopic (exact) mass is 319 g/mol. The van der Waals surface area contributed by atoms with Gasteiger partial charge in [0.05, 0.1) is 6.20 Å². The number of hydrogen-bond donors (Lipinski definition) is 2. The molecule has 0 atom stereocenters. The van der Waals surface area contributed by atoms with E-state index >= 15 is 0 Å². The molecule has 0 radical (unpaired) electrons. The van der Waals surface area contributed by atoms with Crippen LogP contribution in [0.15, 0.2) is 48.7 Å². The lowest BCUT2D eigenvalue weighted by Gasteiger charge is -2.12. The van der Waals surface area contributed by atoms with Gasteiger partial charge in [-0.05, 0) is 37.5 Å². The third-order valence-corrected chi connectivity index (χ3v) is 3.83. The summed E-state index contributed by atoms with van der Waals surface area (Å²) in [6, 6.07) is 14.5. The largest absolute Gasteiger partial charge is 0.349 e. The number of benzene rings is 2. The number of hydrogen-bond acceptors (Lipinski definition) is 5. The SMILES string of the molecule is Cc1cccc(CNc2nncc(Nc3c(C)cccc3C)n2)c1. The van der Waals surface area contributed by atoms with Crippen LogP contribution in [0.5, 0.6) is 0 Å². The highest BCUT2D eigenvalue weighted by atomic mass is 15.3. The molecule has 24 heavy (non-hydrogen) atoms. The lowest BCUT2D eigenvalue weighted by molar-refractivity contribution is 0.948. The smallest absolute Gasteiger partial charge is 0.244 e. The first kappa shape index (κ1) is 15.9. The normalized spacial score (nSPS) is 10.5. The van der Waals surface area contributed by atoms with Crippen molar-refractivity contribution < 1.29 is 0 Å². The zero-order chi connectivity index (χ0) is 16.9. The predicted molar refractivity (Wildman–Crippen MR) is 97.5 cm³/mol.